The maximum Gasteiger partial charge on any atom is 0.256 e. The Morgan fingerprint density at radius 1 is 0.875 bits per heavy atom. The zero-order chi connectivity index (χ0) is 16.9. The number of hydrogen-bond donors (Lipinski definition) is 0. The van der Waals surface area contributed by atoms with Crippen molar-refractivity contribution in [3.05, 3.63) is 65.7 Å². The van der Waals surface area contributed by atoms with Gasteiger partial charge in [0.15, 0.2) is 0 Å². The Morgan fingerprint density at radius 2 is 1.50 bits per heavy atom. The molecule has 1 aliphatic rings. The van der Waals surface area contributed by atoms with E-state index in [0.29, 0.717) is 38.2 Å². The van der Waals surface area contributed by atoms with Crippen LogP contribution in [0, 0.1) is 5.82 Å². The third kappa shape index (κ3) is 3.42. The fraction of sp³-hybridized carbons (Fsp3) is 0.278. The first-order valence-electron chi connectivity index (χ1n) is 7.90. The zero-order valence-electron chi connectivity index (χ0n) is 13.2. The molecule has 2 aromatic rings. The number of carbonyl (C=O) groups is 2. The van der Waals surface area contributed by atoms with Gasteiger partial charge in [-0.2, -0.15) is 0 Å². The quantitative estimate of drug-likeness (QED) is 0.850. The molecule has 0 N–H and O–H groups in total. The van der Waals surface area contributed by atoms with Gasteiger partial charge in [0.1, 0.15) is 5.82 Å². The van der Waals surface area contributed by atoms with Crippen LogP contribution in [0.15, 0.2) is 48.8 Å². The van der Waals surface area contributed by atoms with Crippen molar-refractivity contribution in [3.63, 3.8) is 0 Å². The van der Waals surface area contributed by atoms with Crippen LogP contribution < -0.4 is 0 Å². The van der Waals surface area contributed by atoms with Crippen molar-refractivity contribution in [2.45, 2.75) is 6.42 Å². The highest BCUT2D eigenvalue weighted by Gasteiger charge is 2.24. The van der Waals surface area contributed by atoms with Gasteiger partial charge in [0.05, 0.1) is 5.56 Å². The lowest BCUT2D eigenvalue weighted by Gasteiger charge is -2.22. The molecule has 0 spiro atoms. The summed E-state index contributed by atoms with van der Waals surface area (Å²) in [7, 11) is 0. The van der Waals surface area contributed by atoms with Crippen LogP contribution in [0.2, 0.25) is 0 Å². The number of benzene rings is 1. The van der Waals surface area contributed by atoms with E-state index in [1.807, 2.05) is 0 Å². The lowest BCUT2D eigenvalue weighted by Crippen LogP contribution is -2.37. The van der Waals surface area contributed by atoms with Gasteiger partial charge in [-0.3, -0.25) is 14.6 Å². The van der Waals surface area contributed by atoms with Crippen LogP contribution in [-0.2, 0) is 0 Å². The van der Waals surface area contributed by atoms with Gasteiger partial charge in [0.2, 0.25) is 0 Å². The van der Waals surface area contributed by atoms with Crippen molar-refractivity contribution in [3.8, 4) is 0 Å². The molecule has 0 atom stereocenters. The molecule has 1 fully saturated rings. The maximum atomic E-state index is 13.8. The summed E-state index contributed by atoms with van der Waals surface area (Å²) in [5, 5.41) is 0. The van der Waals surface area contributed by atoms with E-state index in [-0.39, 0.29) is 17.4 Å². The summed E-state index contributed by atoms with van der Waals surface area (Å²) in [6.07, 6.45) is 3.83. The summed E-state index contributed by atoms with van der Waals surface area (Å²) >= 11 is 0. The Balaban J connectivity index is 1.68. The van der Waals surface area contributed by atoms with Gasteiger partial charge < -0.3 is 9.80 Å². The second-order valence-electron chi connectivity index (χ2n) is 5.65. The van der Waals surface area contributed by atoms with Gasteiger partial charge in [0, 0.05) is 44.1 Å². The lowest BCUT2D eigenvalue weighted by atomic mass is 10.2. The van der Waals surface area contributed by atoms with E-state index in [0.717, 1.165) is 0 Å². The molecular formula is C18H18FN3O2. The van der Waals surface area contributed by atoms with Crippen molar-refractivity contribution >= 4 is 11.8 Å². The summed E-state index contributed by atoms with van der Waals surface area (Å²) in [5.74, 6) is -0.916. The number of hydrogen-bond acceptors (Lipinski definition) is 3. The van der Waals surface area contributed by atoms with Crippen LogP contribution in [0.1, 0.15) is 27.1 Å². The molecular weight excluding hydrogens is 309 g/mol. The van der Waals surface area contributed by atoms with Crippen molar-refractivity contribution in [2.75, 3.05) is 26.2 Å². The van der Waals surface area contributed by atoms with Crippen molar-refractivity contribution in [2.24, 2.45) is 0 Å². The molecule has 6 heteroatoms. The molecule has 0 saturated carbocycles. The van der Waals surface area contributed by atoms with E-state index in [9.17, 15) is 14.0 Å². The average Bonchev–Trinajstić information content (AvgIpc) is 2.88. The second kappa shape index (κ2) is 7.21. The molecule has 3 rings (SSSR count). The predicted octanol–water partition coefficient (Wildman–Crippen LogP) is 2.21. The van der Waals surface area contributed by atoms with Crippen LogP contribution in [0.5, 0.6) is 0 Å². The fourth-order valence-electron chi connectivity index (χ4n) is 2.81. The second-order valence-corrected chi connectivity index (χ2v) is 5.65. The van der Waals surface area contributed by atoms with Crippen LogP contribution in [-0.4, -0.2) is 52.8 Å². The first-order valence-corrected chi connectivity index (χ1v) is 7.90. The van der Waals surface area contributed by atoms with E-state index in [1.54, 1.807) is 46.5 Å². The molecule has 0 radical (unpaired) electrons. The van der Waals surface area contributed by atoms with Crippen LogP contribution in [0.4, 0.5) is 4.39 Å². The van der Waals surface area contributed by atoms with Gasteiger partial charge in [-0.25, -0.2) is 4.39 Å². The number of rotatable bonds is 2. The van der Waals surface area contributed by atoms with Crippen LogP contribution >= 0.6 is 0 Å². The Bertz CT molecular complexity index is 736. The van der Waals surface area contributed by atoms with Gasteiger partial charge in [-0.05, 0) is 30.7 Å². The van der Waals surface area contributed by atoms with E-state index in [4.69, 9.17) is 0 Å². The Morgan fingerprint density at radius 3 is 2.17 bits per heavy atom. The average molecular weight is 327 g/mol. The molecule has 0 unspecified atom stereocenters. The molecule has 2 heterocycles. The highest BCUT2D eigenvalue weighted by Crippen LogP contribution is 2.14. The Kier molecular flexibility index (Phi) is 4.84. The summed E-state index contributed by atoms with van der Waals surface area (Å²) in [5.41, 5.74) is 0.658. The number of nitrogens with zero attached hydrogens (tertiary/aromatic N) is 3. The first kappa shape index (κ1) is 16.1. The third-order valence-corrected chi connectivity index (χ3v) is 4.10. The van der Waals surface area contributed by atoms with E-state index in [1.165, 1.54) is 12.1 Å². The largest absolute Gasteiger partial charge is 0.337 e. The SMILES string of the molecule is O=C(c1ccncc1)N1CCCN(C(=O)c2ccccc2F)CC1. The molecule has 5 nitrogen and oxygen atoms in total. The van der Waals surface area contributed by atoms with E-state index in [2.05, 4.69) is 4.98 Å². The minimum Gasteiger partial charge on any atom is -0.337 e. The van der Waals surface area contributed by atoms with Gasteiger partial charge in [0.25, 0.3) is 11.8 Å². The summed E-state index contributed by atoms with van der Waals surface area (Å²) in [4.78, 5) is 32.2. The minimum absolute atomic E-state index is 0.0717. The van der Waals surface area contributed by atoms with E-state index < -0.39 is 5.82 Å². The molecule has 1 aromatic carbocycles. The van der Waals surface area contributed by atoms with Crippen molar-refractivity contribution in [1.29, 1.82) is 0 Å². The van der Waals surface area contributed by atoms with Gasteiger partial charge in [-0.1, -0.05) is 12.1 Å². The van der Waals surface area contributed by atoms with Crippen molar-refractivity contribution < 1.29 is 14.0 Å². The molecule has 0 bridgehead atoms. The first-order chi connectivity index (χ1) is 11.7. The maximum absolute atomic E-state index is 13.8. The lowest BCUT2D eigenvalue weighted by molar-refractivity contribution is 0.0716. The fourth-order valence-corrected chi connectivity index (χ4v) is 2.81. The number of aromatic nitrogens is 1. The molecule has 0 aliphatic carbocycles. The smallest absolute Gasteiger partial charge is 0.256 e. The monoisotopic (exact) mass is 327 g/mol. The Labute approximate surface area is 139 Å². The summed E-state index contributed by atoms with van der Waals surface area (Å²) < 4.78 is 13.8. The number of halogens is 1. The third-order valence-electron chi connectivity index (χ3n) is 4.10. The molecule has 24 heavy (non-hydrogen) atoms. The van der Waals surface area contributed by atoms with Gasteiger partial charge in [-0.15, -0.1) is 0 Å². The highest BCUT2D eigenvalue weighted by atomic mass is 19.1. The topological polar surface area (TPSA) is 53.5 Å². The highest BCUT2D eigenvalue weighted by molar-refractivity contribution is 5.95. The molecule has 124 valence electrons. The molecule has 1 aromatic heterocycles. The predicted molar refractivity (Wildman–Crippen MR) is 87.1 cm³/mol. The molecule has 1 saturated heterocycles. The van der Waals surface area contributed by atoms with Crippen LogP contribution in [0.3, 0.4) is 0 Å². The number of pyridine rings is 1. The van der Waals surface area contributed by atoms with Gasteiger partial charge >= 0.3 is 0 Å². The Hall–Kier alpha value is -2.76. The number of carbonyl (C=O) groups excluding carboxylic acids is 2. The standard InChI is InChI=1S/C18H18FN3O2/c19-16-5-2-1-4-15(16)18(24)22-11-3-10-21(12-13-22)17(23)14-6-8-20-9-7-14/h1-2,4-9H,3,10-13H2. The van der Waals surface area contributed by atoms with Crippen LogP contribution in [0.25, 0.3) is 0 Å². The molecule has 2 amide bonds. The molecule has 1 aliphatic heterocycles. The zero-order valence-corrected chi connectivity index (χ0v) is 13.2. The van der Waals surface area contributed by atoms with E-state index >= 15 is 0 Å². The summed E-state index contributed by atoms with van der Waals surface area (Å²) in [6.45, 7) is 1.90. The summed E-state index contributed by atoms with van der Waals surface area (Å²) in [6, 6.07) is 9.33. The normalized spacial score (nSPS) is 15.0. The van der Waals surface area contributed by atoms with Crippen molar-refractivity contribution in [1.82, 2.24) is 14.8 Å². The number of amides is 2. The minimum atomic E-state index is -0.517.